The molecule has 0 radical (unpaired) electrons. The SMILES string of the molecule is Cc1ncc(CN2CCCc3c(N)cccc32)s1. The van der Waals surface area contributed by atoms with Gasteiger partial charge >= 0.3 is 0 Å². The summed E-state index contributed by atoms with van der Waals surface area (Å²) in [6.45, 7) is 4.10. The highest BCUT2D eigenvalue weighted by atomic mass is 32.1. The highest BCUT2D eigenvalue weighted by molar-refractivity contribution is 7.11. The molecule has 4 heteroatoms. The van der Waals surface area contributed by atoms with E-state index in [1.165, 1.54) is 22.5 Å². The lowest BCUT2D eigenvalue weighted by molar-refractivity contribution is 0.696. The number of fused-ring (bicyclic) bond motifs is 1. The predicted molar refractivity (Wildman–Crippen MR) is 77.1 cm³/mol. The Hall–Kier alpha value is -1.55. The van der Waals surface area contributed by atoms with Crippen LogP contribution in [0.25, 0.3) is 0 Å². The van der Waals surface area contributed by atoms with Crippen molar-refractivity contribution in [3.05, 3.63) is 39.8 Å². The molecule has 1 aromatic carbocycles. The van der Waals surface area contributed by atoms with E-state index < -0.39 is 0 Å². The lowest BCUT2D eigenvalue weighted by Gasteiger charge is -2.31. The minimum Gasteiger partial charge on any atom is -0.398 e. The Morgan fingerprint density at radius 3 is 3.11 bits per heavy atom. The Kier molecular flexibility index (Phi) is 2.96. The van der Waals surface area contributed by atoms with Crippen molar-refractivity contribution in [1.82, 2.24) is 4.98 Å². The van der Waals surface area contributed by atoms with Crippen molar-refractivity contribution in [2.75, 3.05) is 17.2 Å². The molecule has 3 nitrogen and oxygen atoms in total. The summed E-state index contributed by atoms with van der Waals surface area (Å²) in [4.78, 5) is 8.06. The molecule has 0 aliphatic carbocycles. The van der Waals surface area contributed by atoms with Crippen LogP contribution in [-0.4, -0.2) is 11.5 Å². The second kappa shape index (κ2) is 4.61. The molecule has 0 saturated carbocycles. The predicted octanol–water partition coefficient (Wildman–Crippen LogP) is 2.99. The molecule has 94 valence electrons. The highest BCUT2D eigenvalue weighted by Gasteiger charge is 2.19. The van der Waals surface area contributed by atoms with E-state index in [1.807, 2.05) is 18.3 Å². The average molecular weight is 259 g/mol. The Morgan fingerprint density at radius 2 is 2.33 bits per heavy atom. The lowest BCUT2D eigenvalue weighted by Crippen LogP contribution is -2.28. The number of benzene rings is 1. The average Bonchev–Trinajstić information content (AvgIpc) is 2.76. The number of hydrogen-bond acceptors (Lipinski definition) is 4. The number of rotatable bonds is 2. The molecule has 0 saturated heterocycles. The number of aromatic nitrogens is 1. The zero-order chi connectivity index (χ0) is 12.5. The van der Waals surface area contributed by atoms with Gasteiger partial charge in [-0.3, -0.25) is 0 Å². The molecule has 18 heavy (non-hydrogen) atoms. The molecular formula is C14H17N3S. The normalized spacial score (nSPS) is 14.6. The maximum absolute atomic E-state index is 6.06. The first-order chi connectivity index (χ1) is 8.74. The summed E-state index contributed by atoms with van der Waals surface area (Å²) in [5, 5.41) is 1.13. The van der Waals surface area contributed by atoms with Crippen LogP contribution in [0.4, 0.5) is 11.4 Å². The van der Waals surface area contributed by atoms with Crippen molar-refractivity contribution in [3.8, 4) is 0 Å². The molecular weight excluding hydrogens is 242 g/mol. The second-order valence-electron chi connectivity index (χ2n) is 4.72. The topological polar surface area (TPSA) is 42.2 Å². The summed E-state index contributed by atoms with van der Waals surface area (Å²) in [5.74, 6) is 0. The van der Waals surface area contributed by atoms with Crippen LogP contribution in [0.1, 0.15) is 21.9 Å². The van der Waals surface area contributed by atoms with Crippen molar-refractivity contribution in [1.29, 1.82) is 0 Å². The number of hydrogen-bond donors (Lipinski definition) is 1. The van der Waals surface area contributed by atoms with Crippen molar-refractivity contribution < 1.29 is 0 Å². The van der Waals surface area contributed by atoms with E-state index in [4.69, 9.17) is 5.73 Å². The van der Waals surface area contributed by atoms with Crippen LogP contribution in [0.3, 0.4) is 0 Å². The van der Waals surface area contributed by atoms with E-state index in [9.17, 15) is 0 Å². The Morgan fingerprint density at radius 1 is 1.44 bits per heavy atom. The standard InChI is InChI=1S/C14H17N3S/c1-10-16-8-11(18-10)9-17-7-3-4-12-13(15)5-2-6-14(12)17/h2,5-6,8H,3-4,7,9,15H2,1H3. The molecule has 2 aromatic rings. The lowest BCUT2D eigenvalue weighted by atomic mass is 10.00. The van der Waals surface area contributed by atoms with E-state index in [-0.39, 0.29) is 0 Å². The third-order valence-electron chi connectivity index (χ3n) is 3.40. The van der Waals surface area contributed by atoms with Crippen molar-refractivity contribution in [2.24, 2.45) is 0 Å². The van der Waals surface area contributed by atoms with E-state index in [2.05, 4.69) is 22.9 Å². The molecule has 2 heterocycles. The van der Waals surface area contributed by atoms with Crippen LogP contribution in [0.2, 0.25) is 0 Å². The first-order valence-electron chi connectivity index (χ1n) is 6.27. The molecule has 0 bridgehead atoms. The smallest absolute Gasteiger partial charge is 0.0897 e. The van der Waals surface area contributed by atoms with Crippen LogP contribution < -0.4 is 10.6 Å². The van der Waals surface area contributed by atoms with E-state index in [0.29, 0.717) is 0 Å². The Bertz CT molecular complexity index is 562. The largest absolute Gasteiger partial charge is 0.398 e. The Balaban J connectivity index is 1.89. The maximum Gasteiger partial charge on any atom is 0.0897 e. The summed E-state index contributed by atoms with van der Waals surface area (Å²) in [6.07, 6.45) is 4.26. The molecule has 2 N–H and O–H groups in total. The summed E-state index contributed by atoms with van der Waals surface area (Å²) < 4.78 is 0. The number of nitrogens with two attached hydrogens (primary N) is 1. The fourth-order valence-electron chi connectivity index (χ4n) is 2.56. The zero-order valence-electron chi connectivity index (χ0n) is 10.5. The number of nitrogen functional groups attached to an aromatic ring is 1. The van der Waals surface area contributed by atoms with Gasteiger partial charge in [0, 0.05) is 29.0 Å². The minimum absolute atomic E-state index is 0.928. The van der Waals surface area contributed by atoms with E-state index in [0.717, 1.165) is 30.2 Å². The first kappa shape index (κ1) is 11.5. The number of aryl methyl sites for hydroxylation is 1. The molecule has 1 aromatic heterocycles. The van der Waals surface area contributed by atoms with Gasteiger partial charge in [-0.05, 0) is 37.5 Å². The maximum atomic E-state index is 6.06. The van der Waals surface area contributed by atoms with Crippen LogP contribution in [-0.2, 0) is 13.0 Å². The fraction of sp³-hybridized carbons (Fsp3) is 0.357. The summed E-state index contributed by atoms with van der Waals surface area (Å²) in [7, 11) is 0. The van der Waals surface area contributed by atoms with Gasteiger partial charge in [0.25, 0.3) is 0 Å². The van der Waals surface area contributed by atoms with Gasteiger partial charge in [-0.1, -0.05) is 6.07 Å². The number of nitrogens with zero attached hydrogens (tertiary/aromatic N) is 2. The van der Waals surface area contributed by atoms with Gasteiger partial charge in [-0.15, -0.1) is 11.3 Å². The fourth-order valence-corrected chi connectivity index (χ4v) is 3.37. The van der Waals surface area contributed by atoms with Gasteiger partial charge in [0.15, 0.2) is 0 Å². The van der Waals surface area contributed by atoms with E-state index >= 15 is 0 Å². The van der Waals surface area contributed by atoms with Gasteiger partial charge in [0.05, 0.1) is 11.6 Å². The van der Waals surface area contributed by atoms with Crippen molar-refractivity contribution in [3.63, 3.8) is 0 Å². The van der Waals surface area contributed by atoms with Crippen molar-refractivity contribution in [2.45, 2.75) is 26.3 Å². The molecule has 3 rings (SSSR count). The summed E-state index contributed by atoms with van der Waals surface area (Å²) in [5.41, 5.74) is 9.60. The second-order valence-corrected chi connectivity index (χ2v) is 6.03. The van der Waals surface area contributed by atoms with Gasteiger partial charge in [0.2, 0.25) is 0 Å². The molecule has 0 unspecified atom stereocenters. The van der Waals surface area contributed by atoms with Crippen LogP contribution in [0.5, 0.6) is 0 Å². The molecule has 1 aliphatic heterocycles. The van der Waals surface area contributed by atoms with E-state index in [1.54, 1.807) is 11.3 Å². The van der Waals surface area contributed by atoms with Gasteiger partial charge < -0.3 is 10.6 Å². The van der Waals surface area contributed by atoms with Gasteiger partial charge in [-0.25, -0.2) is 4.98 Å². The quantitative estimate of drug-likeness (QED) is 0.843. The molecule has 0 spiro atoms. The monoisotopic (exact) mass is 259 g/mol. The molecule has 0 amide bonds. The first-order valence-corrected chi connectivity index (χ1v) is 7.09. The number of thiazole rings is 1. The molecule has 0 fully saturated rings. The van der Waals surface area contributed by atoms with Gasteiger partial charge in [0.1, 0.15) is 0 Å². The highest BCUT2D eigenvalue weighted by Crippen LogP contribution is 2.32. The van der Waals surface area contributed by atoms with Crippen LogP contribution in [0, 0.1) is 6.92 Å². The summed E-state index contributed by atoms with van der Waals surface area (Å²) in [6, 6.07) is 6.22. The summed E-state index contributed by atoms with van der Waals surface area (Å²) >= 11 is 1.78. The minimum atomic E-state index is 0.928. The molecule has 1 aliphatic rings. The molecule has 0 atom stereocenters. The van der Waals surface area contributed by atoms with Crippen LogP contribution in [0.15, 0.2) is 24.4 Å². The van der Waals surface area contributed by atoms with Gasteiger partial charge in [-0.2, -0.15) is 0 Å². The Labute approximate surface area is 111 Å². The van der Waals surface area contributed by atoms with Crippen molar-refractivity contribution >= 4 is 22.7 Å². The number of anilines is 2. The zero-order valence-corrected chi connectivity index (χ0v) is 11.3. The van der Waals surface area contributed by atoms with Crippen LogP contribution >= 0.6 is 11.3 Å². The third kappa shape index (κ3) is 2.08. The third-order valence-corrected chi connectivity index (χ3v) is 4.30.